The molecule has 1 aromatic carbocycles. The molecule has 0 fully saturated rings. The monoisotopic (exact) mass is 339 g/mol. The highest BCUT2D eigenvalue weighted by Gasteiger charge is 2.18. The fourth-order valence-corrected chi connectivity index (χ4v) is 2.74. The first-order valence-corrected chi connectivity index (χ1v) is 8.47. The van der Waals surface area contributed by atoms with Crippen LogP contribution in [0, 0.1) is 0 Å². The van der Waals surface area contributed by atoms with Crippen LogP contribution in [0.2, 0.25) is 5.02 Å². The molecule has 0 aliphatic heterocycles. The molecule has 0 aliphatic carbocycles. The van der Waals surface area contributed by atoms with Gasteiger partial charge in [-0.3, -0.25) is 4.79 Å². The average Bonchev–Trinajstić information content (AvgIpc) is 3.01. The molecule has 2 rings (SSSR count). The number of benzene rings is 1. The fourth-order valence-electron chi connectivity index (χ4n) is 2.10. The Bertz CT molecular complexity index is 630. The van der Waals surface area contributed by atoms with Crippen molar-refractivity contribution in [2.45, 2.75) is 30.4 Å². The molecule has 1 aromatic heterocycles. The van der Waals surface area contributed by atoms with Crippen LogP contribution < -0.4 is 5.32 Å². The normalized spacial score (nSPS) is 13.6. The number of nitrogens with one attached hydrogen (secondary N) is 1. The molecule has 1 amide bonds. The number of thioether (sulfide) groups is 1. The summed E-state index contributed by atoms with van der Waals surface area (Å²) in [6.07, 6.45) is 3.06. The van der Waals surface area contributed by atoms with Crippen LogP contribution in [0.15, 0.2) is 45.9 Å². The SMILES string of the molecule is CSc1ccc(Cl)c(C(=O)NC(C)CC(O)c2ccco2)c1. The molecular weight excluding hydrogens is 322 g/mol. The minimum atomic E-state index is -0.752. The Labute approximate surface area is 138 Å². The number of rotatable bonds is 6. The van der Waals surface area contributed by atoms with E-state index in [2.05, 4.69) is 5.32 Å². The lowest BCUT2D eigenvalue weighted by Crippen LogP contribution is -2.33. The van der Waals surface area contributed by atoms with Gasteiger partial charge in [-0.25, -0.2) is 0 Å². The van der Waals surface area contributed by atoms with Gasteiger partial charge in [0.2, 0.25) is 0 Å². The van der Waals surface area contributed by atoms with Gasteiger partial charge in [-0.2, -0.15) is 0 Å². The zero-order valence-corrected chi connectivity index (χ0v) is 13.9. The van der Waals surface area contributed by atoms with E-state index in [1.807, 2.05) is 19.2 Å². The summed E-state index contributed by atoms with van der Waals surface area (Å²) in [5.41, 5.74) is 0.438. The van der Waals surface area contributed by atoms with Crippen molar-refractivity contribution in [3.63, 3.8) is 0 Å². The molecule has 2 atom stereocenters. The molecule has 2 aromatic rings. The molecule has 6 heteroatoms. The van der Waals surface area contributed by atoms with Crippen molar-refractivity contribution in [2.24, 2.45) is 0 Å². The lowest BCUT2D eigenvalue weighted by atomic mass is 10.1. The van der Waals surface area contributed by atoms with Crippen LogP contribution in [0.25, 0.3) is 0 Å². The second-order valence-electron chi connectivity index (χ2n) is 4.99. The third-order valence-corrected chi connectivity index (χ3v) is 4.30. The van der Waals surface area contributed by atoms with Gasteiger partial charge >= 0.3 is 0 Å². The zero-order valence-electron chi connectivity index (χ0n) is 12.4. The standard InChI is InChI=1S/C16H18ClNO3S/c1-10(8-14(19)15-4-3-7-21-15)18-16(20)12-9-11(22-2)5-6-13(12)17/h3-7,9-10,14,19H,8H2,1-2H3,(H,18,20). The zero-order chi connectivity index (χ0) is 16.1. The highest BCUT2D eigenvalue weighted by molar-refractivity contribution is 7.98. The highest BCUT2D eigenvalue weighted by atomic mass is 35.5. The van der Waals surface area contributed by atoms with Crippen LogP contribution in [-0.4, -0.2) is 23.3 Å². The molecule has 0 spiro atoms. The van der Waals surface area contributed by atoms with Gasteiger partial charge in [0.15, 0.2) is 0 Å². The maximum Gasteiger partial charge on any atom is 0.253 e. The molecule has 4 nitrogen and oxygen atoms in total. The van der Waals surface area contributed by atoms with Gasteiger partial charge in [0, 0.05) is 17.4 Å². The van der Waals surface area contributed by atoms with Gasteiger partial charge < -0.3 is 14.8 Å². The van der Waals surface area contributed by atoms with E-state index in [9.17, 15) is 9.90 Å². The number of aliphatic hydroxyl groups excluding tert-OH is 1. The van der Waals surface area contributed by atoms with E-state index in [1.165, 1.54) is 6.26 Å². The Balaban J connectivity index is 1.99. The predicted octanol–water partition coefficient (Wildman–Crippen LogP) is 3.90. The molecule has 0 saturated heterocycles. The van der Waals surface area contributed by atoms with Gasteiger partial charge in [0.25, 0.3) is 5.91 Å². The predicted molar refractivity (Wildman–Crippen MR) is 88.4 cm³/mol. The Hall–Kier alpha value is -1.43. The lowest BCUT2D eigenvalue weighted by molar-refractivity contribution is 0.0903. The van der Waals surface area contributed by atoms with Gasteiger partial charge in [-0.1, -0.05) is 11.6 Å². The van der Waals surface area contributed by atoms with E-state index >= 15 is 0 Å². The summed E-state index contributed by atoms with van der Waals surface area (Å²) in [5, 5.41) is 13.3. The van der Waals surface area contributed by atoms with Crippen molar-refractivity contribution in [1.29, 1.82) is 0 Å². The van der Waals surface area contributed by atoms with E-state index in [0.717, 1.165) is 4.90 Å². The number of carbonyl (C=O) groups is 1. The number of amides is 1. The van der Waals surface area contributed by atoms with Gasteiger partial charge in [0.05, 0.1) is 16.8 Å². The first kappa shape index (κ1) is 16.9. The van der Waals surface area contributed by atoms with Gasteiger partial charge in [-0.05, 0) is 43.5 Å². The van der Waals surface area contributed by atoms with Crippen molar-refractivity contribution >= 4 is 29.3 Å². The van der Waals surface area contributed by atoms with Gasteiger partial charge in [0.1, 0.15) is 11.9 Å². The molecule has 2 unspecified atom stereocenters. The van der Waals surface area contributed by atoms with Crippen molar-refractivity contribution in [1.82, 2.24) is 5.32 Å². The fraction of sp³-hybridized carbons (Fsp3) is 0.312. The van der Waals surface area contributed by atoms with Gasteiger partial charge in [-0.15, -0.1) is 11.8 Å². The van der Waals surface area contributed by atoms with Crippen molar-refractivity contribution < 1.29 is 14.3 Å². The first-order chi connectivity index (χ1) is 10.5. The van der Waals surface area contributed by atoms with Crippen molar-refractivity contribution in [3.05, 3.63) is 52.9 Å². The van der Waals surface area contributed by atoms with Crippen LogP contribution in [-0.2, 0) is 0 Å². The molecule has 0 bridgehead atoms. The van der Waals surface area contributed by atoms with E-state index in [1.54, 1.807) is 36.0 Å². The number of furan rings is 1. The molecule has 22 heavy (non-hydrogen) atoms. The average molecular weight is 340 g/mol. The van der Waals surface area contributed by atoms with E-state index in [4.69, 9.17) is 16.0 Å². The number of carbonyl (C=O) groups excluding carboxylic acids is 1. The highest BCUT2D eigenvalue weighted by Crippen LogP contribution is 2.24. The third-order valence-electron chi connectivity index (χ3n) is 3.24. The maximum absolute atomic E-state index is 12.3. The number of hydrogen-bond donors (Lipinski definition) is 2. The molecule has 1 heterocycles. The summed E-state index contributed by atoms with van der Waals surface area (Å²) in [5.74, 6) is 0.239. The van der Waals surface area contributed by atoms with Crippen LogP contribution in [0.4, 0.5) is 0 Å². The smallest absolute Gasteiger partial charge is 0.253 e. The topological polar surface area (TPSA) is 62.5 Å². The summed E-state index contributed by atoms with van der Waals surface area (Å²) in [4.78, 5) is 13.3. The summed E-state index contributed by atoms with van der Waals surface area (Å²) in [7, 11) is 0. The van der Waals surface area contributed by atoms with E-state index in [0.29, 0.717) is 22.8 Å². The van der Waals surface area contributed by atoms with Crippen LogP contribution in [0.5, 0.6) is 0 Å². The molecule has 0 radical (unpaired) electrons. The molecule has 0 saturated carbocycles. The second-order valence-corrected chi connectivity index (χ2v) is 6.27. The summed E-state index contributed by atoms with van der Waals surface area (Å²) in [6.45, 7) is 1.83. The molecule has 118 valence electrons. The Morgan fingerprint density at radius 2 is 2.23 bits per heavy atom. The molecule has 0 aliphatic rings. The largest absolute Gasteiger partial charge is 0.467 e. The van der Waals surface area contributed by atoms with Crippen LogP contribution in [0.3, 0.4) is 0 Å². The van der Waals surface area contributed by atoms with Crippen molar-refractivity contribution in [3.8, 4) is 0 Å². The number of hydrogen-bond acceptors (Lipinski definition) is 4. The van der Waals surface area contributed by atoms with E-state index in [-0.39, 0.29) is 11.9 Å². The second kappa shape index (κ2) is 7.72. The summed E-state index contributed by atoms with van der Waals surface area (Å²) < 4.78 is 5.15. The summed E-state index contributed by atoms with van der Waals surface area (Å²) >= 11 is 7.63. The third kappa shape index (κ3) is 4.29. The minimum absolute atomic E-state index is 0.221. The Kier molecular flexibility index (Phi) is 5.94. The van der Waals surface area contributed by atoms with Crippen LogP contribution in [0.1, 0.15) is 35.6 Å². The Morgan fingerprint density at radius 1 is 1.45 bits per heavy atom. The first-order valence-electron chi connectivity index (χ1n) is 6.87. The lowest BCUT2D eigenvalue weighted by Gasteiger charge is -2.17. The maximum atomic E-state index is 12.3. The quantitative estimate of drug-likeness (QED) is 0.783. The molecular formula is C16H18ClNO3S. The molecule has 2 N–H and O–H groups in total. The summed E-state index contributed by atoms with van der Waals surface area (Å²) in [6, 6.07) is 8.55. The number of halogens is 1. The van der Waals surface area contributed by atoms with Crippen LogP contribution >= 0.6 is 23.4 Å². The van der Waals surface area contributed by atoms with E-state index < -0.39 is 6.10 Å². The minimum Gasteiger partial charge on any atom is -0.467 e. The number of aliphatic hydroxyl groups is 1. The van der Waals surface area contributed by atoms with Crippen molar-refractivity contribution in [2.75, 3.05) is 6.26 Å². The Morgan fingerprint density at radius 3 is 2.86 bits per heavy atom.